The van der Waals surface area contributed by atoms with E-state index >= 15 is 0 Å². The molecule has 2 N–H and O–H groups in total. The number of tetrazole rings is 1. The Kier molecular flexibility index (Phi) is 6.41. The average molecular weight is 408 g/mol. The second-order valence-corrected chi connectivity index (χ2v) is 7.12. The maximum atomic E-state index is 12.9. The van der Waals surface area contributed by atoms with Gasteiger partial charge in [0.15, 0.2) is 5.82 Å². The van der Waals surface area contributed by atoms with Crippen LogP contribution in [0.25, 0.3) is 11.4 Å². The van der Waals surface area contributed by atoms with Gasteiger partial charge in [-0.15, -0.1) is 5.10 Å². The van der Waals surface area contributed by atoms with Gasteiger partial charge in [0, 0.05) is 23.9 Å². The number of aromatic nitrogens is 4. The third-order valence-corrected chi connectivity index (χ3v) is 4.60. The van der Waals surface area contributed by atoms with Crippen LogP contribution in [0.1, 0.15) is 24.2 Å². The van der Waals surface area contributed by atoms with Crippen molar-refractivity contribution in [2.45, 2.75) is 19.9 Å². The van der Waals surface area contributed by atoms with Gasteiger partial charge in [-0.2, -0.15) is 0 Å². The Bertz CT molecular complexity index is 1030. The molecule has 9 heteroatoms. The molecule has 0 spiro atoms. The zero-order valence-corrected chi connectivity index (χ0v) is 17.3. The highest BCUT2D eigenvalue weighted by molar-refractivity contribution is 6.01. The van der Waals surface area contributed by atoms with Crippen LogP contribution in [0.2, 0.25) is 0 Å². The van der Waals surface area contributed by atoms with Gasteiger partial charge in [0.25, 0.3) is 5.91 Å². The molecular formula is C21H24N6O3. The number of benzene rings is 2. The highest BCUT2D eigenvalue weighted by Crippen LogP contribution is 2.20. The van der Waals surface area contributed by atoms with Crippen molar-refractivity contribution in [3.05, 3.63) is 54.1 Å². The molecule has 0 aliphatic heterocycles. The molecule has 0 aliphatic carbocycles. The highest BCUT2D eigenvalue weighted by atomic mass is 16.5. The Balaban J connectivity index is 1.73. The molecule has 1 aromatic heterocycles. The van der Waals surface area contributed by atoms with Crippen LogP contribution in [0.15, 0.2) is 48.5 Å². The molecule has 0 saturated carbocycles. The van der Waals surface area contributed by atoms with Crippen molar-refractivity contribution in [2.24, 2.45) is 13.0 Å². The lowest BCUT2D eigenvalue weighted by Crippen LogP contribution is -2.47. The number of aryl methyl sites for hydroxylation is 1. The lowest BCUT2D eigenvalue weighted by atomic mass is 10.0. The summed E-state index contributed by atoms with van der Waals surface area (Å²) in [6.07, 6.45) is 0. The predicted molar refractivity (Wildman–Crippen MR) is 112 cm³/mol. The summed E-state index contributed by atoms with van der Waals surface area (Å²) in [6.45, 7) is 3.75. The number of rotatable bonds is 7. The van der Waals surface area contributed by atoms with Crippen LogP contribution >= 0.6 is 0 Å². The fourth-order valence-electron chi connectivity index (χ4n) is 2.93. The average Bonchev–Trinajstić information content (AvgIpc) is 3.17. The Hall–Kier alpha value is -3.75. The maximum absolute atomic E-state index is 12.9. The second-order valence-electron chi connectivity index (χ2n) is 7.12. The minimum absolute atomic E-state index is 0.113. The molecule has 2 aromatic carbocycles. The zero-order chi connectivity index (χ0) is 21.7. The van der Waals surface area contributed by atoms with E-state index < -0.39 is 6.04 Å². The summed E-state index contributed by atoms with van der Waals surface area (Å²) in [6, 6.07) is 13.2. The first kappa shape index (κ1) is 21.0. The topological polar surface area (TPSA) is 111 Å². The molecule has 0 bridgehead atoms. The monoisotopic (exact) mass is 408 g/mol. The van der Waals surface area contributed by atoms with Crippen LogP contribution in [-0.4, -0.2) is 45.2 Å². The summed E-state index contributed by atoms with van der Waals surface area (Å²) >= 11 is 0. The third kappa shape index (κ3) is 4.80. The standard InChI is InChI=1S/C21H24N6O3/c1-13(2)18(23-20(28)14-8-10-17(30-4)11-9-14)21(29)22-16-7-5-6-15(12-16)19-24-25-26-27(19)3/h5-13,18H,1-4H3,(H,22,29)(H,23,28). The predicted octanol–water partition coefficient (Wildman–Crippen LogP) is 2.28. The smallest absolute Gasteiger partial charge is 0.251 e. The summed E-state index contributed by atoms with van der Waals surface area (Å²) in [7, 11) is 3.30. The van der Waals surface area contributed by atoms with Crippen molar-refractivity contribution in [1.82, 2.24) is 25.5 Å². The van der Waals surface area contributed by atoms with Crippen molar-refractivity contribution < 1.29 is 14.3 Å². The first-order valence-electron chi connectivity index (χ1n) is 9.47. The van der Waals surface area contributed by atoms with Crippen LogP contribution < -0.4 is 15.4 Å². The number of hydrogen-bond acceptors (Lipinski definition) is 6. The molecule has 0 aliphatic rings. The molecule has 3 rings (SSSR count). The van der Waals surface area contributed by atoms with E-state index in [0.717, 1.165) is 5.56 Å². The number of ether oxygens (including phenoxy) is 1. The van der Waals surface area contributed by atoms with E-state index in [2.05, 4.69) is 26.2 Å². The zero-order valence-electron chi connectivity index (χ0n) is 17.3. The normalized spacial score (nSPS) is 11.8. The maximum Gasteiger partial charge on any atom is 0.251 e. The van der Waals surface area contributed by atoms with Gasteiger partial charge in [0.05, 0.1) is 7.11 Å². The van der Waals surface area contributed by atoms with Gasteiger partial charge in [-0.3, -0.25) is 9.59 Å². The number of amides is 2. The molecule has 156 valence electrons. The molecule has 3 aromatic rings. The molecule has 0 saturated heterocycles. The van der Waals surface area contributed by atoms with Crippen LogP contribution in [0.5, 0.6) is 5.75 Å². The van der Waals surface area contributed by atoms with E-state index in [1.165, 1.54) is 0 Å². The van der Waals surface area contributed by atoms with Gasteiger partial charge in [-0.1, -0.05) is 26.0 Å². The third-order valence-electron chi connectivity index (χ3n) is 4.60. The van der Waals surface area contributed by atoms with Crippen LogP contribution in [-0.2, 0) is 11.8 Å². The highest BCUT2D eigenvalue weighted by Gasteiger charge is 2.25. The number of carbonyl (C=O) groups excluding carboxylic acids is 2. The number of anilines is 1. The number of hydrogen-bond donors (Lipinski definition) is 2. The van der Waals surface area contributed by atoms with Crippen molar-refractivity contribution in [3.8, 4) is 17.1 Å². The summed E-state index contributed by atoms with van der Waals surface area (Å²) in [5, 5.41) is 17.1. The lowest BCUT2D eigenvalue weighted by Gasteiger charge is -2.22. The van der Waals surface area contributed by atoms with Crippen molar-refractivity contribution in [2.75, 3.05) is 12.4 Å². The van der Waals surface area contributed by atoms with Gasteiger partial charge in [-0.25, -0.2) is 4.68 Å². The second kappa shape index (κ2) is 9.17. The van der Waals surface area contributed by atoms with Gasteiger partial charge >= 0.3 is 0 Å². The minimum atomic E-state index is -0.709. The van der Waals surface area contributed by atoms with Crippen LogP contribution in [0, 0.1) is 5.92 Å². The van der Waals surface area contributed by atoms with Crippen molar-refractivity contribution in [3.63, 3.8) is 0 Å². The first-order chi connectivity index (χ1) is 14.4. The molecule has 30 heavy (non-hydrogen) atoms. The Morgan fingerprint density at radius 2 is 1.83 bits per heavy atom. The van der Waals surface area contributed by atoms with E-state index in [1.54, 1.807) is 61.3 Å². The molecule has 1 unspecified atom stereocenters. The van der Waals surface area contributed by atoms with Crippen LogP contribution in [0.3, 0.4) is 0 Å². The fraction of sp³-hybridized carbons (Fsp3) is 0.286. The van der Waals surface area contributed by atoms with Gasteiger partial charge in [-0.05, 0) is 52.7 Å². The first-order valence-corrected chi connectivity index (χ1v) is 9.47. The van der Waals surface area contributed by atoms with Crippen molar-refractivity contribution in [1.29, 1.82) is 0 Å². The van der Waals surface area contributed by atoms with E-state index in [4.69, 9.17) is 4.74 Å². The molecular weight excluding hydrogens is 384 g/mol. The fourth-order valence-corrected chi connectivity index (χ4v) is 2.93. The lowest BCUT2D eigenvalue weighted by molar-refractivity contribution is -0.118. The number of nitrogens with one attached hydrogen (secondary N) is 2. The molecule has 1 atom stereocenters. The summed E-state index contributed by atoms with van der Waals surface area (Å²) < 4.78 is 6.66. The van der Waals surface area contributed by atoms with E-state index in [-0.39, 0.29) is 17.7 Å². The Morgan fingerprint density at radius 1 is 1.10 bits per heavy atom. The minimum Gasteiger partial charge on any atom is -0.497 e. The van der Waals surface area contributed by atoms with Crippen LogP contribution in [0.4, 0.5) is 5.69 Å². The van der Waals surface area contributed by atoms with Gasteiger partial charge in [0.1, 0.15) is 11.8 Å². The molecule has 0 fully saturated rings. The molecule has 1 heterocycles. The number of nitrogens with zero attached hydrogens (tertiary/aromatic N) is 4. The van der Waals surface area contributed by atoms with Crippen molar-refractivity contribution >= 4 is 17.5 Å². The van der Waals surface area contributed by atoms with Gasteiger partial charge < -0.3 is 15.4 Å². The number of methoxy groups -OCH3 is 1. The van der Waals surface area contributed by atoms with E-state index in [9.17, 15) is 9.59 Å². The summed E-state index contributed by atoms with van der Waals surface area (Å²) in [5.74, 6) is 0.492. The largest absolute Gasteiger partial charge is 0.497 e. The van der Waals surface area contributed by atoms with E-state index in [1.807, 2.05) is 19.9 Å². The summed E-state index contributed by atoms with van der Waals surface area (Å²) in [5.41, 5.74) is 1.81. The van der Waals surface area contributed by atoms with E-state index in [0.29, 0.717) is 22.8 Å². The van der Waals surface area contributed by atoms with Gasteiger partial charge in [0.2, 0.25) is 5.91 Å². The molecule has 2 amide bonds. The Labute approximate surface area is 174 Å². The quantitative estimate of drug-likeness (QED) is 0.620. The Morgan fingerprint density at radius 3 is 2.43 bits per heavy atom. The molecule has 0 radical (unpaired) electrons. The molecule has 9 nitrogen and oxygen atoms in total. The summed E-state index contributed by atoms with van der Waals surface area (Å²) in [4.78, 5) is 25.5. The number of carbonyl (C=O) groups is 2. The SMILES string of the molecule is COc1ccc(C(=O)NC(C(=O)Nc2cccc(-c3nnnn3C)c2)C(C)C)cc1.